The quantitative estimate of drug-likeness (QED) is 0.837. The fraction of sp³-hybridized carbons (Fsp3) is 0.278. The van der Waals surface area contributed by atoms with E-state index in [2.05, 4.69) is 5.32 Å². The molecule has 0 spiro atoms. The van der Waals surface area contributed by atoms with Crippen LogP contribution in [0.1, 0.15) is 21.5 Å². The Morgan fingerprint density at radius 1 is 1.12 bits per heavy atom. The molecule has 0 saturated carbocycles. The Morgan fingerprint density at radius 3 is 2.28 bits per heavy atom. The van der Waals surface area contributed by atoms with Crippen LogP contribution in [0.2, 0.25) is 5.02 Å². The molecule has 2 aromatic rings. The average Bonchev–Trinajstić information content (AvgIpc) is 2.49. The van der Waals surface area contributed by atoms with E-state index < -0.39 is 10.0 Å². The zero-order chi connectivity index (χ0) is 18.6. The van der Waals surface area contributed by atoms with E-state index in [1.165, 1.54) is 4.31 Å². The van der Waals surface area contributed by atoms with Gasteiger partial charge in [-0.25, -0.2) is 8.42 Å². The minimum Gasteiger partial charge on any atom is -0.350 e. The van der Waals surface area contributed by atoms with Crippen molar-refractivity contribution < 1.29 is 13.2 Å². The van der Waals surface area contributed by atoms with E-state index in [0.717, 1.165) is 17.4 Å². The lowest BCUT2D eigenvalue weighted by molar-refractivity contribution is 0.0955. The monoisotopic (exact) mass is 380 g/mol. The first-order chi connectivity index (χ1) is 11.7. The molecule has 25 heavy (non-hydrogen) atoms. The third kappa shape index (κ3) is 5.21. The molecular formula is C18H21ClN2O3S. The number of amides is 1. The van der Waals surface area contributed by atoms with E-state index in [0.29, 0.717) is 16.3 Å². The second-order valence-corrected chi connectivity index (χ2v) is 8.23. The van der Waals surface area contributed by atoms with Crippen LogP contribution >= 0.6 is 11.6 Å². The molecule has 0 aliphatic carbocycles. The molecule has 0 aliphatic rings. The SMILES string of the molecule is Cc1cc(C)cc(N(CCNC(=O)c2ccccc2Cl)S(C)(=O)=O)c1. The summed E-state index contributed by atoms with van der Waals surface area (Å²) in [6.45, 7) is 4.13. The normalized spacial score (nSPS) is 11.2. The van der Waals surface area contributed by atoms with Gasteiger partial charge in [0, 0.05) is 6.54 Å². The van der Waals surface area contributed by atoms with Gasteiger partial charge in [0.25, 0.3) is 5.91 Å². The summed E-state index contributed by atoms with van der Waals surface area (Å²) in [4.78, 5) is 12.2. The molecule has 0 unspecified atom stereocenters. The number of carbonyl (C=O) groups excluding carboxylic acids is 1. The molecule has 0 radical (unpaired) electrons. The Bertz CT molecular complexity index is 861. The number of aryl methyl sites for hydroxylation is 2. The molecule has 5 nitrogen and oxygen atoms in total. The molecule has 0 aromatic heterocycles. The molecule has 7 heteroatoms. The summed E-state index contributed by atoms with van der Waals surface area (Å²) in [5.74, 6) is -0.334. The van der Waals surface area contributed by atoms with E-state index in [9.17, 15) is 13.2 Å². The topological polar surface area (TPSA) is 66.5 Å². The molecule has 0 atom stereocenters. The van der Waals surface area contributed by atoms with Gasteiger partial charge >= 0.3 is 0 Å². The van der Waals surface area contributed by atoms with Crippen LogP contribution in [-0.2, 0) is 10.0 Å². The maximum atomic E-state index is 12.2. The standard InChI is InChI=1S/C18H21ClN2O3S/c1-13-10-14(2)12-15(11-13)21(25(3,23)24)9-8-20-18(22)16-6-4-5-7-17(16)19/h4-7,10-12H,8-9H2,1-3H3,(H,20,22). The van der Waals surface area contributed by atoms with Gasteiger partial charge in [0.05, 0.1) is 29.1 Å². The number of hydrogen-bond acceptors (Lipinski definition) is 3. The first-order valence-corrected chi connectivity index (χ1v) is 10.00. The van der Waals surface area contributed by atoms with Crippen molar-refractivity contribution in [2.45, 2.75) is 13.8 Å². The molecule has 0 bridgehead atoms. The van der Waals surface area contributed by atoms with Gasteiger partial charge in [-0.05, 0) is 49.2 Å². The molecule has 2 aromatic carbocycles. The molecule has 0 fully saturated rings. The predicted molar refractivity (Wildman–Crippen MR) is 102 cm³/mol. The fourth-order valence-corrected chi connectivity index (χ4v) is 3.73. The molecule has 1 amide bonds. The highest BCUT2D eigenvalue weighted by Crippen LogP contribution is 2.21. The number of nitrogens with one attached hydrogen (secondary N) is 1. The Labute approximate surface area is 153 Å². The average molecular weight is 381 g/mol. The maximum Gasteiger partial charge on any atom is 0.252 e. The van der Waals surface area contributed by atoms with Gasteiger partial charge in [-0.2, -0.15) is 0 Å². The summed E-state index contributed by atoms with van der Waals surface area (Å²) in [5.41, 5.74) is 2.90. The zero-order valence-corrected chi connectivity index (χ0v) is 16.0. The number of sulfonamides is 1. The van der Waals surface area contributed by atoms with Crippen LogP contribution in [0.15, 0.2) is 42.5 Å². The van der Waals surface area contributed by atoms with Crippen LogP contribution < -0.4 is 9.62 Å². The summed E-state index contributed by atoms with van der Waals surface area (Å²) >= 11 is 6.00. The van der Waals surface area contributed by atoms with Crippen LogP contribution in [0.25, 0.3) is 0 Å². The zero-order valence-electron chi connectivity index (χ0n) is 14.4. The molecular weight excluding hydrogens is 360 g/mol. The predicted octanol–water partition coefficient (Wildman–Crippen LogP) is 3.15. The van der Waals surface area contributed by atoms with E-state index >= 15 is 0 Å². The summed E-state index contributed by atoms with van der Waals surface area (Å²) in [5, 5.41) is 3.07. The van der Waals surface area contributed by atoms with E-state index in [-0.39, 0.29) is 19.0 Å². The molecule has 2 rings (SSSR count). The lowest BCUT2D eigenvalue weighted by Gasteiger charge is -2.23. The Hall–Kier alpha value is -2.05. The van der Waals surface area contributed by atoms with Crippen molar-refractivity contribution in [1.82, 2.24) is 5.32 Å². The van der Waals surface area contributed by atoms with Crippen molar-refractivity contribution >= 4 is 33.2 Å². The Balaban J connectivity index is 2.12. The minimum absolute atomic E-state index is 0.137. The number of rotatable bonds is 6. The number of nitrogens with zero attached hydrogens (tertiary/aromatic N) is 1. The van der Waals surface area contributed by atoms with Crippen LogP contribution in [0, 0.1) is 13.8 Å². The highest BCUT2D eigenvalue weighted by Gasteiger charge is 2.18. The van der Waals surface area contributed by atoms with Crippen LogP contribution in [0.3, 0.4) is 0 Å². The first kappa shape index (κ1) is 19.3. The first-order valence-electron chi connectivity index (χ1n) is 7.77. The molecule has 0 aliphatic heterocycles. The second kappa shape index (κ2) is 7.89. The van der Waals surface area contributed by atoms with Gasteiger partial charge in [-0.1, -0.05) is 29.8 Å². The maximum absolute atomic E-state index is 12.2. The van der Waals surface area contributed by atoms with Crippen molar-refractivity contribution in [3.05, 3.63) is 64.2 Å². The summed E-state index contributed by atoms with van der Waals surface area (Å²) in [6, 6.07) is 12.3. The summed E-state index contributed by atoms with van der Waals surface area (Å²) < 4.78 is 25.6. The van der Waals surface area contributed by atoms with Crippen molar-refractivity contribution in [3.63, 3.8) is 0 Å². The highest BCUT2D eigenvalue weighted by atomic mass is 35.5. The smallest absolute Gasteiger partial charge is 0.252 e. The van der Waals surface area contributed by atoms with Crippen molar-refractivity contribution in [3.8, 4) is 0 Å². The van der Waals surface area contributed by atoms with E-state index in [4.69, 9.17) is 11.6 Å². The van der Waals surface area contributed by atoms with E-state index in [1.54, 1.807) is 24.3 Å². The Morgan fingerprint density at radius 2 is 1.72 bits per heavy atom. The third-order valence-corrected chi connectivity index (χ3v) is 5.14. The number of carbonyl (C=O) groups is 1. The van der Waals surface area contributed by atoms with Gasteiger partial charge in [0.1, 0.15) is 0 Å². The number of anilines is 1. The van der Waals surface area contributed by atoms with E-state index in [1.807, 2.05) is 32.0 Å². The lowest BCUT2D eigenvalue weighted by Crippen LogP contribution is -2.38. The second-order valence-electron chi connectivity index (χ2n) is 5.92. The summed E-state index contributed by atoms with van der Waals surface area (Å²) in [6.07, 6.45) is 1.15. The van der Waals surface area contributed by atoms with Gasteiger partial charge < -0.3 is 5.32 Å². The lowest BCUT2D eigenvalue weighted by atomic mass is 10.1. The Kier molecular flexibility index (Phi) is 6.08. The molecule has 0 heterocycles. The van der Waals surface area contributed by atoms with Crippen LogP contribution in [-0.4, -0.2) is 33.7 Å². The van der Waals surface area contributed by atoms with Crippen LogP contribution in [0.4, 0.5) is 5.69 Å². The van der Waals surface area contributed by atoms with Crippen molar-refractivity contribution in [2.75, 3.05) is 23.7 Å². The molecule has 0 saturated heterocycles. The highest BCUT2D eigenvalue weighted by molar-refractivity contribution is 7.92. The van der Waals surface area contributed by atoms with Gasteiger partial charge in [-0.3, -0.25) is 9.10 Å². The van der Waals surface area contributed by atoms with Crippen molar-refractivity contribution in [1.29, 1.82) is 0 Å². The van der Waals surface area contributed by atoms with Crippen LogP contribution in [0.5, 0.6) is 0 Å². The molecule has 134 valence electrons. The summed E-state index contributed by atoms with van der Waals surface area (Å²) in [7, 11) is -3.47. The van der Waals surface area contributed by atoms with Gasteiger partial charge in [0.15, 0.2) is 0 Å². The minimum atomic E-state index is -3.47. The largest absolute Gasteiger partial charge is 0.350 e. The van der Waals surface area contributed by atoms with Crippen molar-refractivity contribution in [2.24, 2.45) is 0 Å². The third-order valence-electron chi connectivity index (χ3n) is 3.61. The molecule has 1 N–H and O–H groups in total. The number of halogens is 1. The van der Waals surface area contributed by atoms with Gasteiger partial charge in [-0.15, -0.1) is 0 Å². The van der Waals surface area contributed by atoms with Gasteiger partial charge in [0.2, 0.25) is 10.0 Å². The number of hydrogen-bond donors (Lipinski definition) is 1. The fourth-order valence-electron chi connectivity index (χ4n) is 2.59. The number of benzene rings is 2.